The maximum Gasteiger partial charge on any atom is 0.287 e. The second kappa shape index (κ2) is 14.2. The van der Waals surface area contributed by atoms with E-state index < -0.39 is 0 Å². The molecule has 0 radical (unpaired) electrons. The number of likely N-dealkylation sites (N-methyl/N-ethyl adjacent to an activating group) is 1. The number of nitrogens with zero attached hydrogens (tertiary/aromatic N) is 5. The highest BCUT2D eigenvalue weighted by Crippen LogP contribution is 2.42. The van der Waals surface area contributed by atoms with Gasteiger partial charge in [0.05, 0.1) is 17.8 Å². The summed E-state index contributed by atoms with van der Waals surface area (Å²) in [4.78, 5) is 43.5. The number of likely N-dealkylation sites (tertiary alicyclic amines) is 2. The van der Waals surface area contributed by atoms with Crippen LogP contribution in [-0.4, -0.2) is 83.8 Å². The van der Waals surface area contributed by atoms with Crippen LogP contribution in [0.5, 0.6) is 0 Å². The van der Waals surface area contributed by atoms with Crippen LogP contribution in [0.1, 0.15) is 73.5 Å². The third kappa shape index (κ3) is 7.56. The van der Waals surface area contributed by atoms with Crippen molar-refractivity contribution in [1.29, 1.82) is 0 Å². The molecule has 4 fully saturated rings. The van der Waals surface area contributed by atoms with Crippen molar-refractivity contribution in [1.82, 2.24) is 24.9 Å². The minimum atomic E-state index is -0.287. The monoisotopic (exact) mass is 685 g/mol. The van der Waals surface area contributed by atoms with Crippen LogP contribution < -0.4 is 21.1 Å². The fraction of sp³-hybridized carbons (Fsp3) is 0.526. The molecule has 0 aliphatic carbocycles. The van der Waals surface area contributed by atoms with Crippen LogP contribution in [0.4, 0.5) is 11.4 Å². The molecule has 3 atom stereocenters. The van der Waals surface area contributed by atoms with E-state index in [0.717, 1.165) is 57.8 Å². The molecule has 2 amide bonds. The molecule has 1 spiro atoms. The first-order valence-corrected chi connectivity index (χ1v) is 18.2. The van der Waals surface area contributed by atoms with Crippen LogP contribution >= 0.6 is 11.6 Å². The summed E-state index contributed by atoms with van der Waals surface area (Å²) in [5.74, 6) is -0.177. The Morgan fingerprint density at radius 2 is 1.57 bits per heavy atom. The van der Waals surface area contributed by atoms with Gasteiger partial charge in [-0.25, -0.2) is 4.68 Å². The van der Waals surface area contributed by atoms with Crippen molar-refractivity contribution in [2.45, 2.75) is 69.4 Å². The maximum atomic E-state index is 12.3. The zero-order valence-electron chi connectivity index (χ0n) is 28.7. The molecule has 4 aliphatic rings. The van der Waals surface area contributed by atoms with Crippen molar-refractivity contribution in [2.75, 3.05) is 56.5 Å². The van der Waals surface area contributed by atoms with E-state index in [-0.39, 0.29) is 34.4 Å². The number of carbonyl (C=O) groups excluding carboxylic acids is 2. The van der Waals surface area contributed by atoms with Gasteiger partial charge in [0, 0.05) is 57.9 Å². The zero-order chi connectivity index (χ0) is 34.1. The summed E-state index contributed by atoms with van der Waals surface area (Å²) < 4.78 is 1.26. The van der Waals surface area contributed by atoms with E-state index >= 15 is 0 Å². The Hall–Kier alpha value is -3.73. The molecule has 5 heterocycles. The molecular formula is C38H48ClN7O3. The first kappa shape index (κ1) is 33.8. The van der Waals surface area contributed by atoms with Gasteiger partial charge in [0.15, 0.2) is 0 Å². The first-order chi connectivity index (χ1) is 23.6. The highest BCUT2D eigenvalue weighted by molar-refractivity contribution is 6.32. The minimum absolute atomic E-state index is 0.169. The molecule has 2 aromatic carbocycles. The van der Waals surface area contributed by atoms with E-state index in [1.807, 2.05) is 0 Å². The number of carbonyl (C=O) groups is 2. The van der Waals surface area contributed by atoms with E-state index in [4.69, 9.17) is 11.6 Å². The normalized spacial score (nSPS) is 25.0. The fourth-order valence-electron chi connectivity index (χ4n) is 8.50. The average molecular weight is 686 g/mol. The molecule has 0 saturated carbocycles. The number of amides is 2. The Labute approximate surface area is 293 Å². The van der Waals surface area contributed by atoms with E-state index in [1.54, 1.807) is 13.2 Å². The topological polar surface area (TPSA) is 103 Å². The molecule has 3 aromatic rings. The lowest BCUT2D eigenvalue weighted by Gasteiger charge is -2.47. The number of hydrogen-bond donors (Lipinski definition) is 2. The van der Waals surface area contributed by atoms with E-state index in [0.29, 0.717) is 29.9 Å². The van der Waals surface area contributed by atoms with Gasteiger partial charge in [-0.15, -0.1) is 0 Å². The number of imide groups is 1. The highest BCUT2D eigenvalue weighted by atomic mass is 35.5. The molecular weight excluding hydrogens is 638 g/mol. The summed E-state index contributed by atoms with van der Waals surface area (Å²) in [6, 6.07) is 17.8. The van der Waals surface area contributed by atoms with Crippen LogP contribution in [0.15, 0.2) is 59.5 Å². The Morgan fingerprint density at radius 3 is 2.27 bits per heavy atom. The largest absolute Gasteiger partial charge is 0.378 e. The van der Waals surface area contributed by atoms with Gasteiger partial charge in [0.1, 0.15) is 5.02 Å². The third-order valence-corrected chi connectivity index (χ3v) is 11.9. The number of aryl methyl sites for hydroxylation is 1. The Morgan fingerprint density at radius 1 is 0.898 bits per heavy atom. The van der Waals surface area contributed by atoms with E-state index in [2.05, 4.69) is 86.0 Å². The van der Waals surface area contributed by atoms with Crippen LogP contribution in [0.3, 0.4) is 0 Å². The van der Waals surface area contributed by atoms with Gasteiger partial charge in [-0.05, 0) is 98.8 Å². The number of nitrogens with one attached hydrogen (secondary N) is 2. The van der Waals surface area contributed by atoms with Crippen molar-refractivity contribution in [3.8, 4) is 0 Å². The third-order valence-electron chi connectivity index (χ3n) is 11.6. The summed E-state index contributed by atoms with van der Waals surface area (Å²) in [5.41, 5.74) is 5.69. The number of halogens is 1. The molecule has 2 N–H and O–H groups in total. The number of anilines is 2. The zero-order valence-corrected chi connectivity index (χ0v) is 29.4. The van der Waals surface area contributed by atoms with Gasteiger partial charge in [0.2, 0.25) is 11.8 Å². The van der Waals surface area contributed by atoms with Crippen molar-refractivity contribution in [3.05, 3.63) is 86.8 Å². The van der Waals surface area contributed by atoms with Crippen molar-refractivity contribution >= 4 is 34.8 Å². The second-order valence-electron chi connectivity index (χ2n) is 14.9. The van der Waals surface area contributed by atoms with Crippen LogP contribution in [-0.2, 0) is 23.2 Å². The lowest BCUT2D eigenvalue weighted by atomic mass is 9.71. The minimum Gasteiger partial charge on any atom is -0.378 e. The molecule has 1 aromatic heterocycles. The smallest absolute Gasteiger partial charge is 0.287 e. The quantitative estimate of drug-likeness (QED) is 0.344. The average Bonchev–Trinajstić information content (AvgIpc) is 3.10. The molecule has 4 saturated heterocycles. The maximum absolute atomic E-state index is 12.3. The Bertz CT molecular complexity index is 1710. The lowest BCUT2D eigenvalue weighted by Crippen LogP contribution is -2.46. The summed E-state index contributed by atoms with van der Waals surface area (Å²) in [6.07, 6.45) is 8.55. The van der Waals surface area contributed by atoms with E-state index in [1.165, 1.54) is 47.2 Å². The Kier molecular flexibility index (Phi) is 9.81. The summed E-state index contributed by atoms with van der Waals surface area (Å²) in [6.45, 7) is 7.30. The van der Waals surface area contributed by atoms with Crippen molar-refractivity contribution < 1.29 is 9.59 Å². The molecule has 7 rings (SSSR count). The SMILES string of the molecule is CN1C[C@H](Nc2cnn(C)c(=O)c2Cl)C[C@H](c2ccc(CN3CCC4(CC3)CCN(c3ccc(C5CCC(=O)NC5=O)cc3)CC4)cc2)C1. The highest BCUT2D eigenvalue weighted by Gasteiger charge is 2.38. The van der Waals surface area contributed by atoms with Crippen LogP contribution in [0.25, 0.3) is 0 Å². The number of hydrogen-bond acceptors (Lipinski definition) is 8. The molecule has 4 aliphatic heterocycles. The summed E-state index contributed by atoms with van der Waals surface area (Å²) in [5, 5.41) is 10.3. The molecule has 10 nitrogen and oxygen atoms in total. The van der Waals surface area contributed by atoms with Crippen LogP contribution in [0, 0.1) is 5.41 Å². The lowest BCUT2D eigenvalue weighted by molar-refractivity contribution is -0.134. The van der Waals surface area contributed by atoms with Gasteiger partial charge in [-0.3, -0.25) is 24.6 Å². The fourth-order valence-corrected chi connectivity index (χ4v) is 8.73. The number of aromatic nitrogens is 2. The van der Waals surface area contributed by atoms with Gasteiger partial charge in [-0.1, -0.05) is 48.0 Å². The summed E-state index contributed by atoms with van der Waals surface area (Å²) in [7, 11) is 3.75. The van der Waals surface area contributed by atoms with Gasteiger partial charge in [-0.2, -0.15) is 5.10 Å². The molecule has 1 unspecified atom stereocenters. The van der Waals surface area contributed by atoms with Crippen molar-refractivity contribution in [3.63, 3.8) is 0 Å². The van der Waals surface area contributed by atoms with Crippen molar-refractivity contribution in [2.24, 2.45) is 12.5 Å². The predicted octanol–water partition coefficient (Wildman–Crippen LogP) is 4.74. The van der Waals surface area contributed by atoms with E-state index in [9.17, 15) is 14.4 Å². The molecule has 49 heavy (non-hydrogen) atoms. The van der Waals surface area contributed by atoms with Gasteiger partial charge < -0.3 is 15.1 Å². The van der Waals surface area contributed by atoms with Crippen LogP contribution in [0.2, 0.25) is 5.02 Å². The molecule has 11 heteroatoms. The summed E-state index contributed by atoms with van der Waals surface area (Å²) >= 11 is 6.34. The number of piperidine rings is 4. The number of benzene rings is 2. The standard InChI is InChI=1S/C38H48ClN7O3/c1-43-24-29(21-30(25-43)41-33-22-40-44(2)37(49)35(33)39)27-5-3-26(4-6-27)23-45-17-13-38(14-18-45)15-19-46(20-16-38)31-9-7-28(8-10-31)32-11-12-34(47)42-36(32)48/h3-10,22,29-30,32,41H,11-21,23-25H2,1-2H3,(H,42,47,48)/t29-,30+,32?/m0/s1. The number of rotatable bonds is 7. The molecule has 0 bridgehead atoms. The molecule has 260 valence electrons. The van der Waals surface area contributed by atoms with Gasteiger partial charge in [0.25, 0.3) is 5.56 Å². The second-order valence-corrected chi connectivity index (χ2v) is 15.3. The Balaban J connectivity index is 0.879. The predicted molar refractivity (Wildman–Crippen MR) is 193 cm³/mol. The van der Waals surface area contributed by atoms with Gasteiger partial charge >= 0.3 is 0 Å². The first-order valence-electron chi connectivity index (χ1n) is 17.8.